The Labute approximate surface area is 128 Å². The lowest BCUT2D eigenvalue weighted by molar-refractivity contribution is 0.413. The van der Waals surface area contributed by atoms with Gasteiger partial charge in [-0.25, -0.2) is 0 Å². The fourth-order valence-electron chi connectivity index (χ4n) is 3.11. The quantitative estimate of drug-likeness (QED) is 0.359. The van der Waals surface area contributed by atoms with Crippen molar-refractivity contribution in [3.05, 3.63) is 0 Å². The predicted octanol–water partition coefficient (Wildman–Crippen LogP) is 6.08. The van der Waals surface area contributed by atoms with Crippen molar-refractivity contribution in [1.82, 2.24) is 5.32 Å². The molecule has 0 saturated heterocycles. The molecular weight excluding hydrogens is 242 g/mol. The third kappa shape index (κ3) is 10.7. The molecule has 0 amide bonds. The van der Waals surface area contributed by atoms with E-state index < -0.39 is 0 Å². The van der Waals surface area contributed by atoms with Crippen LogP contribution in [0, 0.1) is 5.92 Å². The molecule has 0 bridgehead atoms. The van der Waals surface area contributed by atoms with E-state index in [2.05, 4.69) is 19.2 Å². The molecular formula is C19H39N. The summed E-state index contributed by atoms with van der Waals surface area (Å²) < 4.78 is 0. The van der Waals surface area contributed by atoms with Crippen molar-refractivity contribution in [2.75, 3.05) is 6.54 Å². The van der Waals surface area contributed by atoms with Crippen LogP contribution in [0.4, 0.5) is 0 Å². The first-order valence-electron chi connectivity index (χ1n) is 9.60. The molecule has 0 aromatic carbocycles. The first-order valence-corrected chi connectivity index (χ1v) is 9.60. The molecule has 0 spiro atoms. The van der Waals surface area contributed by atoms with E-state index in [-0.39, 0.29) is 0 Å². The smallest absolute Gasteiger partial charge is 0.00696 e. The zero-order chi connectivity index (χ0) is 14.5. The summed E-state index contributed by atoms with van der Waals surface area (Å²) in [5, 5.41) is 3.77. The Morgan fingerprint density at radius 1 is 0.800 bits per heavy atom. The van der Waals surface area contributed by atoms with E-state index in [0.717, 1.165) is 12.0 Å². The lowest BCUT2D eigenvalue weighted by Crippen LogP contribution is -2.30. The second kappa shape index (κ2) is 12.7. The number of nitrogens with one attached hydrogen (secondary N) is 1. The van der Waals surface area contributed by atoms with Crippen LogP contribution in [0.1, 0.15) is 104 Å². The molecule has 0 aliphatic heterocycles. The molecule has 0 aromatic heterocycles. The van der Waals surface area contributed by atoms with Crippen LogP contribution in [0.15, 0.2) is 0 Å². The van der Waals surface area contributed by atoms with Gasteiger partial charge in [-0.2, -0.15) is 0 Å². The fourth-order valence-corrected chi connectivity index (χ4v) is 3.11. The highest BCUT2D eigenvalue weighted by Crippen LogP contribution is 2.34. The monoisotopic (exact) mass is 281 g/mol. The maximum absolute atomic E-state index is 3.77. The van der Waals surface area contributed by atoms with Gasteiger partial charge in [-0.3, -0.25) is 0 Å². The Bertz CT molecular complexity index is 198. The summed E-state index contributed by atoms with van der Waals surface area (Å²) in [5.41, 5.74) is 0. The minimum atomic E-state index is 0.826. The molecule has 1 atom stereocenters. The Morgan fingerprint density at radius 2 is 1.40 bits per heavy atom. The fraction of sp³-hybridized carbons (Fsp3) is 1.00. The first kappa shape index (κ1) is 18.0. The molecule has 0 aromatic rings. The molecule has 120 valence electrons. The van der Waals surface area contributed by atoms with Crippen molar-refractivity contribution in [2.24, 2.45) is 5.92 Å². The van der Waals surface area contributed by atoms with Gasteiger partial charge in [0.25, 0.3) is 0 Å². The zero-order valence-corrected chi connectivity index (χ0v) is 14.3. The summed E-state index contributed by atoms with van der Waals surface area (Å²) in [6.07, 6.45) is 20.2. The summed E-state index contributed by atoms with van der Waals surface area (Å²) in [6.45, 7) is 5.79. The average molecular weight is 282 g/mol. The topological polar surface area (TPSA) is 12.0 Å². The van der Waals surface area contributed by atoms with Gasteiger partial charge in [0.1, 0.15) is 0 Å². The van der Waals surface area contributed by atoms with Crippen molar-refractivity contribution < 1.29 is 0 Å². The van der Waals surface area contributed by atoms with Crippen LogP contribution in [-0.4, -0.2) is 12.6 Å². The Morgan fingerprint density at radius 3 is 1.95 bits per heavy atom. The normalized spacial score (nSPS) is 16.5. The van der Waals surface area contributed by atoms with Gasteiger partial charge < -0.3 is 5.32 Å². The highest BCUT2D eigenvalue weighted by Gasteiger charge is 2.24. The zero-order valence-electron chi connectivity index (χ0n) is 14.3. The lowest BCUT2D eigenvalue weighted by atomic mass is 10.0. The minimum absolute atomic E-state index is 0.826. The summed E-state index contributed by atoms with van der Waals surface area (Å²) in [6, 6.07) is 0.826. The summed E-state index contributed by atoms with van der Waals surface area (Å²) in [7, 11) is 0. The van der Waals surface area contributed by atoms with Crippen molar-refractivity contribution in [2.45, 2.75) is 110 Å². The highest BCUT2D eigenvalue weighted by atomic mass is 14.9. The summed E-state index contributed by atoms with van der Waals surface area (Å²) >= 11 is 0. The third-order valence-electron chi connectivity index (χ3n) is 4.65. The van der Waals surface area contributed by atoms with E-state index >= 15 is 0 Å². The van der Waals surface area contributed by atoms with E-state index in [1.165, 1.54) is 96.4 Å². The molecule has 1 nitrogen and oxygen atoms in total. The molecule has 1 unspecified atom stereocenters. The largest absolute Gasteiger partial charge is 0.314 e. The van der Waals surface area contributed by atoms with Gasteiger partial charge in [-0.05, 0) is 31.7 Å². The molecule has 1 rings (SSSR count). The molecule has 0 radical (unpaired) electrons. The number of unbranched alkanes of at least 4 members (excludes halogenated alkanes) is 8. The van der Waals surface area contributed by atoms with Crippen LogP contribution < -0.4 is 5.32 Å². The molecule has 1 saturated carbocycles. The van der Waals surface area contributed by atoms with Crippen LogP contribution >= 0.6 is 0 Å². The maximum Gasteiger partial charge on any atom is 0.00696 e. The predicted molar refractivity (Wildman–Crippen MR) is 91.3 cm³/mol. The molecule has 1 N–H and O–H groups in total. The molecule has 20 heavy (non-hydrogen) atoms. The van der Waals surface area contributed by atoms with Gasteiger partial charge in [-0.15, -0.1) is 0 Å². The second-order valence-electron chi connectivity index (χ2n) is 6.95. The van der Waals surface area contributed by atoms with Gasteiger partial charge >= 0.3 is 0 Å². The Balaban J connectivity index is 1.88. The van der Waals surface area contributed by atoms with Crippen LogP contribution in [0.3, 0.4) is 0 Å². The van der Waals surface area contributed by atoms with Crippen LogP contribution in [0.25, 0.3) is 0 Å². The standard InChI is InChI=1S/C19H39N/c1-3-5-6-7-8-9-10-11-12-13-19(20-16-4-2)17-18-14-15-18/h18-20H,3-17H2,1-2H3. The van der Waals surface area contributed by atoms with Gasteiger partial charge in [0.15, 0.2) is 0 Å². The van der Waals surface area contributed by atoms with Crippen molar-refractivity contribution in [1.29, 1.82) is 0 Å². The van der Waals surface area contributed by atoms with Gasteiger partial charge in [0.2, 0.25) is 0 Å². The lowest BCUT2D eigenvalue weighted by Gasteiger charge is -2.18. The first-order chi connectivity index (χ1) is 9.86. The van der Waals surface area contributed by atoms with Gasteiger partial charge in [-0.1, -0.05) is 84.5 Å². The van der Waals surface area contributed by atoms with E-state index in [9.17, 15) is 0 Å². The van der Waals surface area contributed by atoms with E-state index in [0.29, 0.717) is 0 Å². The Hall–Kier alpha value is -0.0400. The van der Waals surface area contributed by atoms with E-state index in [1.54, 1.807) is 0 Å². The van der Waals surface area contributed by atoms with E-state index in [1.807, 2.05) is 0 Å². The summed E-state index contributed by atoms with van der Waals surface area (Å²) in [4.78, 5) is 0. The molecule has 1 heteroatoms. The summed E-state index contributed by atoms with van der Waals surface area (Å²) in [5.74, 6) is 1.07. The van der Waals surface area contributed by atoms with Crippen LogP contribution in [0.5, 0.6) is 0 Å². The Kier molecular flexibility index (Phi) is 11.4. The SMILES string of the molecule is CCCCCCCCCCCC(CC1CC1)NCCC. The maximum atomic E-state index is 3.77. The van der Waals surface area contributed by atoms with Crippen molar-refractivity contribution in [3.8, 4) is 0 Å². The molecule has 1 fully saturated rings. The van der Waals surface area contributed by atoms with Crippen molar-refractivity contribution in [3.63, 3.8) is 0 Å². The number of rotatable bonds is 15. The highest BCUT2D eigenvalue weighted by molar-refractivity contribution is 4.80. The van der Waals surface area contributed by atoms with Gasteiger partial charge in [0, 0.05) is 6.04 Å². The molecule has 0 heterocycles. The van der Waals surface area contributed by atoms with Crippen LogP contribution in [-0.2, 0) is 0 Å². The average Bonchev–Trinajstić information content (AvgIpc) is 3.26. The van der Waals surface area contributed by atoms with Gasteiger partial charge in [0.05, 0.1) is 0 Å². The molecule has 1 aliphatic carbocycles. The second-order valence-corrected chi connectivity index (χ2v) is 6.95. The molecule has 1 aliphatic rings. The minimum Gasteiger partial charge on any atom is -0.314 e. The van der Waals surface area contributed by atoms with Crippen molar-refractivity contribution >= 4 is 0 Å². The number of hydrogen-bond donors (Lipinski definition) is 1. The van der Waals surface area contributed by atoms with E-state index in [4.69, 9.17) is 0 Å². The number of hydrogen-bond acceptors (Lipinski definition) is 1. The third-order valence-corrected chi connectivity index (χ3v) is 4.65. The van der Waals surface area contributed by atoms with Crippen LogP contribution in [0.2, 0.25) is 0 Å².